The zero-order valence-corrected chi connectivity index (χ0v) is 8.28. The van der Waals surface area contributed by atoms with Crippen LogP contribution in [0.2, 0.25) is 0 Å². The molecule has 0 heterocycles. The molecule has 0 amide bonds. The molecule has 0 aromatic heterocycles. The summed E-state index contributed by atoms with van der Waals surface area (Å²) in [5.41, 5.74) is 2.62. The van der Waals surface area contributed by atoms with Gasteiger partial charge in [0.05, 0.1) is 0 Å². The number of rotatable bonds is 4. The van der Waals surface area contributed by atoms with Crippen LogP contribution in [0.5, 0.6) is 0 Å². The van der Waals surface area contributed by atoms with Gasteiger partial charge in [-0.3, -0.25) is 0 Å². The Morgan fingerprint density at radius 1 is 1.18 bits per heavy atom. The Kier molecular flexibility index (Phi) is 4.75. The average Bonchev–Trinajstić information content (AvgIpc) is 1.99. The molecule has 0 aromatic carbocycles. The summed E-state index contributed by atoms with van der Waals surface area (Å²) in [6.07, 6.45) is 1.06. The van der Waals surface area contributed by atoms with Crippen molar-refractivity contribution in [2.45, 2.75) is 27.2 Å². The summed E-state index contributed by atoms with van der Waals surface area (Å²) in [6.45, 7) is 6.54. The van der Waals surface area contributed by atoms with Crippen LogP contribution >= 0.6 is 0 Å². The Morgan fingerprint density at radius 2 is 1.73 bits per heavy atom. The second kappa shape index (κ2) is 5.05. The molecule has 0 spiro atoms. The highest BCUT2D eigenvalue weighted by molar-refractivity contribution is 5.11. The van der Waals surface area contributed by atoms with Crippen molar-refractivity contribution in [1.82, 2.24) is 10.6 Å². The summed E-state index contributed by atoms with van der Waals surface area (Å²) in [6, 6.07) is 0. The number of allylic oxidation sites excluding steroid dienone is 2. The first kappa shape index (κ1) is 10.3. The zero-order valence-electron chi connectivity index (χ0n) is 8.28. The Bertz CT molecular complexity index is 130. The lowest BCUT2D eigenvalue weighted by Gasteiger charge is -2.16. The lowest BCUT2D eigenvalue weighted by atomic mass is 10.1. The average molecular weight is 156 g/mol. The second-order valence-corrected chi connectivity index (χ2v) is 2.90. The predicted octanol–water partition coefficient (Wildman–Crippen LogP) is 1.70. The standard InChI is InChI=1S/C9H20N2/c1-6-8(10-4)9(11-5)7(2)3/h7,10-11H,6H2,1-5H3. The van der Waals surface area contributed by atoms with E-state index in [9.17, 15) is 0 Å². The smallest absolute Gasteiger partial charge is 0.0322 e. The fraction of sp³-hybridized carbons (Fsp3) is 0.778. The van der Waals surface area contributed by atoms with Crippen LogP contribution in [0.25, 0.3) is 0 Å². The van der Waals surface area contributed by atoms with Crippen molar-refractivity contribution in [2.75, 3.05) is 14.1 Å². The van der Waals surface area contributed by atoms with Gasteiger partial charge in [0.2, 0.25) is 0 Å². The van der Waals surface area contributed by atoms with Crippen molar-refractivity contribution in [3.8, 4) is 0 Å². The van der Waals surface area contributed by atoms with Crippen molar-refractivity contribution in [2.24, 2.45) is 5.92 Å². The second-order valence-electron chi connectivity index (χ2n) is 2.90. The van der Waals surface area contributed by atoms with Gasteiger partial charge in [0.15, 0.2) is 0 Å². The van der Waals surface area contributed by atoms with Crippen molar-refractivity contribution >= 4 is 0 Å². The van der Waals surface area contributed by atoms with Gasteiger partial charge in [0.25, 0.3) is 0 Å². The fourth-order valence-electron chi connectivity index (χ4n) is 1.29. The van der Waals surface area contributed by atoms with Gasteiger partial charge >= 0.3 is 0 Å². The molecule has 0 aliphatic rings. The first-order chi connectivity index (χ1) is 5.17. The quantitative estimate of drug-likeness (QED) is 0.647. The molecule has 0 aromatic rings. The number of nitrogens with one attached hydrogen (secondary N) is 2. The van der Waals surface area contributed by atoms with Crippen LogP contribution in [0.15, 0.2) is 11.4 Å². The van der Waals surface area contributed by atoms with E-state index in [-0.39, 0.29) is 0 Å². The molecule has 0 fully saturated rings. The van der Waals surface area contributed by atoms with E-state index < -0.39 is 0 Å². The lowest BCUT2D eigenvalue weighted by molar-refractivity contribution is 0.659. The molecular weight excluding hydrogens is 136 g/mol. The van der Waals surface area contributed by atoms with E-state index in [0.29, 0.717) is 5.92 Å². The molecule has 0 saturated carbocycles. The predicted molar refractivity (Wildman–Crippen MR) is 50.3 cm³/mol. The van der Waals surface area contributed by atoms with Gasteiger partial charge in [-0.15, -0.1) is 0 Å². The molecule has 0 saturated heterocycles. The van der Waals surface area contributed by atoms with E-state index in [1.54, 1.807) is 0 Å². The van der Waals surface area contributed by atoms with Gasteiger partial charge in [0.1, 0.15) is 0 Å². The minimum atomic E-state index is 0.572. The highest BCUT2D eigenvalue weighted by Crippen LogP contribution is 2.11. The molecule has 0 aliphatic carbocycles. The van der Waals surface area contributed by atoms with Gasteiger partial charge in [-0.05, 0) is 12.3 Å². The van der Waals surface area contributed by atoms with Crippen LogP contribution < -0.4 is 10.6 Å². The monoisotopic (exact) mass is 156 g/mol. The third kappa shape index (κ3) is 2.83. The molecule has 0 aliphatic heterocycles. The molecule has 0 atom stereocenters. The van der Waals surface area contributed by atoms with Gasteiger partial charge in [0, 0.05) is 25.5 Å². The fourth-order valence-corrected chi connectivity index (χ4v) is 1.29. The molecule has 0 unspecified atom stereocenters. The van der Waals surface area contributed by atoms with Gasteiger partial charge in [-0.2, -0.15) is 0 Å². The molecule has 2 N–H and O–H groups in total. The van der Waals surface area contributed by atoms with Crippen LogP contribution in [0.1, 0.15) is 27.2 Å². The molecule has 2 heteroatoms. The Morgan fingerprint density at radius 3 is 1.82 bits per heavy atom. The first-order valence-corrected chi connectivity index (χ1v) is 4.25. The minimum Gasteiger partial charge on any atom is -0.390 e. The number of hydrogen-bond acceptors (Lipinski definition) is 2. The maximum atomic E-state index is 3.22. The van der Waals surface area contributed by atoms with Gasteiger partial charge in [-0.25, -0.2) is 0 Å². The molecular formula is C9H20N2. The SMILES string of the molecule is CCC(NC)=C(NC)C(C)C. The summed E-state index contributed by atoms with van der Waals surface area (Å²) in [7, 11) is 3.95. The molecule has 0 radical (unpaired) electrons. The van der Waals surface area contributed by atoms with Crippen LogP contribution in [-0.2, 0) is 0 Å². The third-order valence-electron chi connectivity index (χ3n) is 1.83. The van der Waals surface area contributed by atoms with E-state index in [0.717, 1.165) is 6.42 Å². The van der Waals surface area contributed by atoms with Crippen LogP contribution in [-0.4, -0.2) is 14.1 Å². The zero-order chi connectivity index (χ0) is 8.85. The summed E-state index contributed by atoms with van der Waals surface area (Å²) >= 11 is 0. The minimum absolute atomic E-state index is 0.572. The lowest BCUT2D eigenvalue weighted by Crippen LogP contribution is -2.20. The van der Waals surface area contributed by atoms with E-state index in [4.69, 9.17) is 0 Å². The topological polar surface area (TPSA) is 24.1 Å². The van der Waals surface area contributed by atoms with E-state index in [1.165, 1.54) is 11.4 Å². The van der Waals surface area contributed by atoms with Crippen LogP contribution in [0.3, 0.4) is 0 Å². The first-order valence-electron chi connectivity index (χ1n) is 4.25. The van der Waals surface area contributed by atoms with Crippen LogP contribution in [0.4, 0.5) is 0 Å². The Labute approximate surface area is 70.1 Å². The van der Waals surface area contributed by atoms with E-state index >= 15 is 0 Å². The molecule has 0 bridgehead atoms. The van der Waals surface area contributed by atoms with Crippen molar-refractivity contribution < 1.29 is 0 Å². The van der Waals surface area contributed by atoms with E-state index in [2.05, 4.69) is 31.4 Å². The normalized spacial score (nSPS) is 12.9. The maximum Gasteiger partial charge on any atom is 0.0322 e. The Balaban J connectivity index is 4.48. The van der Waals surface area contributed by atoms with E-state index in [1.807, 2.05) is 14.1 Å². The third-order valence-corrected chi connectivity index (χ3v) is 1.83. The summed E-state index contributed by atoms with van der Waals surface area (Å²) in [5.74, 6) is 0.572. The molecule has 0 rings (SSSR count). The largest absolute Gasteiger partial charge is 0.390 e. The van der Waals surface area contributed by atoms with Crippen molar-refractivity contribution in [1.29, 1.82) is 0 Å². The van der Waals surface area contributed by atoms with Crippen molar-refractivity contribution in [3.63, 3.8) is 0 Å². The highest BCUT2D eigenvalue weighted by Gasteiger charge is 2.05. The van der Waals surface area contributed by atoms with Gasteiger partial charge < -0.3 is 10.6 Å². The molecule has 11 heavy (non-hydrogen) atoms. The molecule has 66 valence electrons. The summed E-state index contributed by atoms with van der Waals surface area (Å²) in [5, 5.41) is 6.42. The highest BCUT2D eigenvalue weighted by atomic mass is 14.9. The number of hydrogen-bond donors (Lipinski definition) is 2. The van der Waals surface area contributed by atoms with Crippen LogP contribution in [0, 0.1) is 5.92 Å². The summed E-state index contributed by atoms with van der Waals surface area (Å²) < 4.78 is 0. The van der Waals surface area contributed by atoms with Gasteiger partial charge in [-0.1, -0.05) is 20.8 Å². The Hall–Kier alpha value is -0.660. The molecule has 2 nitrogen and oxygen atoms in total. The summed E-state index contributed by atoms with van der Waals surface area (Å²) in [4.78, 5) is 0. The van der Waals surface area contributed by atoms with Crippen molar-refractivity contribution in [3.05, 3.63) is 11.4 Å². The maximum absolute atomic E-state index is 3.22.